The minimum atomic E-state index is -0.579. The van der Waals surface area contributed by atoms with Crippen LogP contribution in [0.4, 0.5) is 0 Å². The number of nitrogens with one attached hydrogen (secondary N) is 1. The van der Waals surface area contributed by atoms with Gasteiger partial charge in [0.25, 0.3) is 0 Å². The van der Waals surface area contributed by atoms with Crippen molar-refractivity contribution in [3.05, 3.63) is 227 Å². The van der Waals surface area contributed by atoms with Crippen LogP contribution in [0.15, 0.2) is 202 Å². The highest BCUT2D eigenvalue weighted by atomic mass is 16.5. The van der Waals surface area contributed by atoms with E-state index in [2.05, 4.69) is 163 Å². The summed E-state index contributed by atoms with van der Waals surface area (Å²) in [5.41, 5.74) is 13.4. The lowest BCUT2D eigenvalue weighted by Crippen LogP contribution is -2.36. The normalized spacial score (nSPS) is 15.8. The Morgan fingerprint density at radius 3 is 1.77 bits per heavy atom. The number of hydrogen-bond acceptors (Lipinski definition) is 5. The summed E-state index contributed by atoms with van der Waals surface area (Å²) in [5, 5.41) is 5.83. The van der Waals surface area contributed by atoms with Crippen LogP contribution in [0.3, 0.4) is 0 Å². The van der Waals surface area contributed by atoms with Gasteiger partial charge in [0.1, 0.15) is 34.3 Å². The maximum atomic E-state index is 7.01. The Morgan fingerprint density at radius 2 is 1.00 bits per heavy atom. The van der Waals surface area contributed by atoms with E-state index in [1.54, 1.807) is 0 Å². The summed E-state index contributed by atoms with van der Waals surface area (Å²) in [4.78, 5) is 10.7. The van der Waals surface area contributed by atoms with Crippen molar-refractivity contribution in [1.29, 1.82) is 0 Å². The van der Waals surface area contributed by atoms with Crippen molar-refractivity contribution >= 4 is 33.6 Å². The molecule has 0 saturated carbocycles. The molecule has 1 unspecified atom stereocenters. The molecule has 3 heterocycles. The SMILES string of the molecule is c1ccc(C2=NC(c3cccc4c3Oc3ccccc3C43c4ccccc4-c4ccccc43)N=C(c3ccc(-c4cccc5c4oc4ccccc45)cc3)N2)cc1. The Kier molecular flexibility index (Phi) is 6.84. The molecule has 0 bridgehead atoms. The van der Waals surface area contributed by atoms with E-state index in [0.717, 1.165) is 84.1 Å². The first-order chi connectivity index (χ1) is 28.3. The van der Waals surface area contributed by atoms with Crippen LogP contribution < -0.4 is 10.1 Å². The van der Waals surface area contributed by atoms with Gasteiger partial charge in [0.05, 0.1) is 5.41 Å². The zero-order valence-corrected chi connectivity index (χ0v) is 30.7. The number of hydrogen-bond donors (Lipinski definition) is 1. The quantitative estimate of drug-likeness (QED) is 0.196. The lowest BCUT2D eigenvalue weighted by molar-refractivity contribution is 0.426. The molecule has 2 aliphatic heterocycles. The Hall–Kier alpha value is -7.50. The van der Waals surface area contributed by atoms with Crippen LogP contribution in [0.2, 0.25) is 0 Å². The fraction of sp³-hybridized carbons (Fsp3) is 0.0385. The van der Waals surface area contributed by atoms with Gasteiger partial charge in [0.2, 0.25) is 0 Å². The number of para-hydroxylation sites is 4. The molecular weight excluding hydrogens is 699 g/mol. The van der Waals surface area contributed by atoms with Gasteiger partial charge >= 0.3 is 0 Å². The summed E-state index contributed by atoms with van der Waals surface area (Å²) in [7, 11) is 0. The second-order valence-corrected chi connectivity index (χ2v) is 14.8. The van der Waals surface area contributed by atoms with Gasteiger partial charge in [-0.25, -0.2) is 9.98 Å². The average Bonchev–Trinajstić information content (AvgIpc) is 3.81. The molecule has 3 aliphatic rings. The van der Waals surface area contributed by atoms with Crippen molar-refractivity contribution in [2.45, 2.75) is 11.6 Å². The van der Waals surface area contributed by atoms with Crippen LogP contribution in [-0.2, 0) is 5.41 Å². The van der Waals surface area contributed by atoms with E-state index in [0.29, 0.717) is 0 Å². The number of nitrogens with zero attached hydrogens (tertiary/aromatic N) is 2. The molecule has 0 amide bonds. The van der Waals surface area contributed by atoms with Gasteiger partial charge in [-0.1, -0.05) is 176 Å². The Bertz CT molecular complexity index is 3090. The highest BCUT2D eigenvalue weighted by Crippen LogP contribution is 2.62. The van der Waals surface area contributed by atoms with E-state index in [9.17, 15) is 0 Å². The molecule has 5 heteroatoms. The van der Waals surface area contributed by atoms with Crippen molar-refractivity contribution in [3.63, 3.8) is 0 Å². The zero-order valence-electron chi connectivity index (χ0n) is 30.7. The van der Waals surface area contributed by atoms with E-state index >= 15 is 0 Å². The molecule has 0 saturated heterocycles. The van der Waals surface area contributed by atoms with Crippen molar-refractivity contribution in [1.82, 2.24) is 5.32 Å². The lowest BCUT2D eigenvalue weighted by Gasteiger charge is -2.40. The molecule has 57 heavy (non-hydrogen) atoms. The lowest BCUT2D eigenvalue weighted by atomic mass is 9.65. The minimum absolute atomic E-state index is 0.572. The smallest absolute Gasteiger partial charge is 0.173 e. The van der Waals surface area contributed by atoms with Crippen LogP contribution in [0, 0.1) is 0 Å². The number of aliphatic imine (C=N–C) groups is 2. The van der Waals surface area contributed by atoms with Gasteiger partial charge in [-0.2, -0.15) is 0 Å². The molecule has 0 radical (unpaired) electrons. The number of benzene rings is 8. The number of fused-ring (bicyclic) bond motifs is 12. The van der Waals surface area contributed by atoms with Crippen LogP contribution in [-0.4, -0.2) is 11.7 Å². The molecule has 8 aromatic carbocycles. The predicted molar refractivity (Wildman–Crippen MR) is 228 cm³/mol. The first kappa shape index (κ1) is 31.8. The van der Waals surface area contributed by atoms with E-state index in [4.69, 9.17) is 19.1 Å². The molecule has 1 spiro atoms. The number of ether oxygens (including phenoxy) is 1. The summed E-state index contributed by atoms with van der Waals surface area (Å²) < 4.78 is 13.4. The molecule has 12 rings (SSSR count). The van der Waals surface area contributed by atoms with E-state index in [-0.39, 0.29) is 0 Å². The van der Waals surface area contributed by atoms with Crippen molar-refractivity contribution < 1.29 is 9.15 Å². The monoisotopic (exact) mass is 731 g/mol. The molecule has 9 aromatic rings. The van der Waals surface area contributed by atoms with E-state index < -0.39 is 11.6 Å². The van der Waals surface area contributed by atoms with E-state index in [1.807, 2.05) is 30.3 Å². The molecule has 1 aromatic heterocycles. The third kappa shape index (κ3) is 4.63. The highest BCUT2D eigenvalue weighted by Gasteiger charge is 2.51. The van der Waals surface area contributed by atoms with Gasteiger partial charge in [-0.3, -0.25) is 0 Å². The van der Waals surface area contributed by atoms with Crippen LogP contribution in [0.25, 0.3) is 44.2 Å². The molecular formula is C52H33N3O2. The molecule has 0 fully saturated rings. The first-order valence-electron chi connectivity index (χ1n) is 19.3. The number of rotatable bonds is 4. The highest BCUT2D eigenvalue weighted by molar-refractivity contribution is 6.16. The fourth-order valence-corrected chi connectivity index (χ4v) is 9.36. The zero-order chi connectivity index (χ0) is 37.5. The molecule has 268 valence electrons. The predicted octanol–water partition coefficient (Wildman–Crippen LogP) is 12.2. The summed E-state index contributed by atoms with van der Waals surface area (Å²) in [6.45, 7) is 0. The van der Waals surface area contributed by atoms with Crippen LogP contribution in [0.1, 0.15) is 45.1 Å². The topological polar surface area (TPSA) is 59.1 Å². The van der Waals surface area contributed by atoms with Gasteiger partial charge < -0.3 is 14.5 Å². The second kappa shape index (κ2) is 12.3. The van der Waals surface area contributed by atoms with E-state index in [1.165, 1.54) is 22.3 Å². The van der Waals surface area contributed by atoms with Crippen LogP contribution >= 0.6 is 0 Å². The fourth-order valence-electron chi connectivity index (χ4n) is 9.36. The summed E-state index contributed by atoms with van der Waals surface area (Å²) in [5.74, 6) is 3.12. The minimum Gasteiger partial charge on any atom is -0.456 e. The van der Waals surface area contributed by atoms with Crippen molar-refractivity contribution in [2.24, 2.45) is 9.98 Å². The Labute approximate surface area is 329 Å². The summed E-state index contributed by atoms with van der Waals surface area (Å²) in [6, 6.07) is 65.9. The van der Waals surface area contributed by atoms with Gasteiger partial charge in [0, 0.05) is 44.2 Å². The molecule has 1 aliphatic carbocycles. The third-order valence-corrected chi connectivity index (χ3v) is 11.8. The number of furan rings is 1. The van der Waals surface area contributed by atoms with Gasteiger partial charge in [0.15, 0.2) is 6.17 Å². The molecule has 1 atom stereocenters. The average molecular weight is 732 g/mol. The maximum absolute atomic E-state index is 7.01. The third-order valence-electron chi connectivity index (χ3n) is 11.8. The summed E-state index contributed by atoms with van der Waals surface area (Å²) >= 11 is 0. The number of amidine groups is 2. The molecule has 1 N–H and O–H groups in total. The largest absolute Gasteiger partial charge is 0.456 e. The first-order valence-corrected chi connectivity index (χ1v) is 19.3. The second-order valence-electron chi connectivity index (χ2n) is 14.8. The van der Waals surface area contributed by atoms with Crippen molar-refractivity contribution in [3.8, 4) is 33.8 Å². The Morgan fingerprint density at radius 1 is 0.439 bits per heavy atom. The van der Waals surface area contributed by atoms with Gasteiger partial charge in [-0.15, -0.1) is 0 Å². The van der Waals surface area contributed by atoms with Crippen LogP contribution in [0.5, 0.6) is 11.5 Å². The standard InChI is InChI=1S/C52H33N3O2/c1-2-14-33(15-3-1)49-53-50(34-30-28-32(29-31-34)35-19-12-20-39-38-18-6-10-26-45(38)56-47(35)39)55-51(54-49)40-21-13-25-44-48(40)57-46-27-11-9-24-43(46)52(44)41-22-7-4-16-36(41)37-17-5-8-23-42(37)52/h1-31,51H,(H,53,54,55). The van der Waals surface area contributed by atoms with Gasteiger partial charge in [-0.05, 0) is 39.9 Å². The van der Waals surface area contributed by atoms with Crippen molar-refractivity contribution in [2.75, 3.05) is 0 Å². The Balaban J connectivity index is 1.02. The maximum Gasteiger partial charge on any atom is 0.173 e. The molecule has 5 nitrogen and oxygen atoms in total. The summed E-state index contributed by atoms with van der Waals surface area (Å²) in [6.07, 6.45) is -0.579.